The van der Waals surface area contributed by atoms with E-state index in [0.717, 1.165) is 0 Å². The van der Waals surface area contributed by atoms with E-state index >= 15 is 0 Å². The summed E-state index contributed by atoms with van der Waals surface area (Å²) in [4.78, 5) is 0.331. The van der Waals surface area contributed by atoms with E-state index in [-0.39, 0.29) is 48.2 Å². The van der Waals surface area contributed by atoms with E-state index in [2.05, 4.69) is 12.6 Å². The first-order chi connectivity index (χ1) is 5.46. The third kappa shape index (κ3) is 2.88. The zero-order valence-electron chi connectivity index (χ0n) is 6.04. The van der Waals surface area contributed by atoms with Crippen molar-refractivity contribution in [3.8, 4) is 0 Å². The van der Waals surface area contributed by atoms with E-state index in [4.69, 9.17) is 58.0 Å². The van der Waals surface area contributed by atoms with Crippen LogP contribution in [0.3, 0.4) is 0 Å². The smallest absolute Gasteiger partial charge is 0.140 e. The fourth-order valence-electron chi connectivity index (χ4n) is 0.593. The Labute approximate surface area is 122 Å². The molecule has 0 aliphatic rings. The predicted molar refractivity (Wildman–Crippen MR) is 64.5 cm³/mol. The van der Waals surface area contributed by atoms with Gasteiger partial charge in [0.05, 0.1) is 25.1 Å². The standard InChI is InChI=1S/C6HCl5S.Mg/c7-1-2(8)4(10)6(12)5(11)3(1)9;/h12H;/q;+2. The van der Waals surface area contributed by atoms with Gasteiger partial charge in [0, 0.05) is 4.90 Å². The number of hydrogen-bond donors (Lipinski definition) is 1. The first-order valence-corrected chi connectivity index (χ1v) is 5.01. The minimum absolute atomic E-state index is 0. The van der Waals surface area contributed by atoms with Crippen molar-refractivity contribution in [3.05, 3.63) is 25.1 Å². The Morgan fingerprint density at radius 1 is 0.615 bits per heavy atom. The Morgan fingerprint density at radius 2 is 0.846 bits per heavy atom. The molecule has 0 spiro atoms. The Balaban J connectivity index is 0.00000144. The molecule has 1 rings (SSSR count). The van der Waals surface area contributed by atoms with Gasteiger partial charge in [-0.25, -0.2) is 0 Å². The monoisotopic (exact) mass is 304 g/mol. The number of halogens is 5. The van der Waals surface area contributed by atoms with Gasteiger partial charge in [-0.15, -0.1) is 12.6 Å². The minimum atomic E-state index is 0. The molecule has 0 atom stereocenters. The van der Waals surface area contributed by atoms with Crippen molar-refractivity contribution < 1.29 is 0 Å². The van der Waals surface area contributed by atoms with Crippen LogP contribution in [-0.2, 0) is 0 Å². The fraction of sp³-hybridized carbons (Fsp3) is 0. The van der Waals surface area contributed by atoms with Crippen LogP contribution in [0.1, 0.15) is 0 Å². The summed E-state index contributed by atoms with van der Waals surface area (Å²) < 4.78 is 0. The van der Waals surface area contributed by atoms with Crippen LogP contribution in [0.5, 0.6) is 0 Å². The molecule has 0 unspecified atom stereocenters. The van der Waals surface area contributed by atoms with Gasteiger partial charge < -0.3 is 0 Å². The largest absolute Gasteiger partial charge is 2.00 e. The molecule has 1 aromatic rings. The topological polar surface area (TPSA) is 0 Å². The van der Waals surface area contributed by atoms with Crippen LogP contribution in [0.25, 0.3) is 0 Å². The molecule has 0 amide bonds. The van der Waals surface area contributed by atoms with Crippen LogP contribution in [0, 0.1) is 0 Å². The van der Waals surface area contributed by atoms with Gasteiger partial charge in [-0.3, -0.25) is 0 Å². The van der Waals surface area contributed by atoms with Gasteiger partial charge in [-0.2, -0.15) is 0 Å². The maximum absolute atomic E-state index is 5.72. The van der Waals surface area contributed by atoms with Crippen LogP contribution in [0.2, 0.25) is 25.1 Å². The molecule has 0 aromatic heterocycles. The Hall–Kier alpha value is 1.79. The van der Waals surface area contributed by atoms with Crippen LogP contribution < -0.4 is 0 Å². The van der Waals surface area contributed by atoms with Gasteiger partial charge in [0.2, 0.25) is 0 Å². The second-order valence-electron chi connectivity index (χ2n) is 1.92. The maximum Gasteiger partial charge on any atom is 2.00 e. The van der Waals surface area contributed by atoms with Crippen molar-refractivity contribution >= 4 is 93.7 Å². The molecule has 0 aliphatic carbocycles. The van der Waals surface area contributed by atoms with Crippen molar-refractivity contribution in [2.75, 3.05) is 0 Å². The summed E-state index contributed by atoms with van der Waals surface area (Å²) >= 11 is 32.6. The summed E-state index contributed by atoms with van der Waals surface area (Å²) in [6.07, 6.45) is 0. The Morgan fingerprint density at radius 3 is 1.15 bits per heavy atom. The molecular weight excluding hydrogens is 306 g/mol. The van der Waals surface area contributed by atoms with Gasteiger partial charge in [-0.1, -0.05) is 58.0 Å². The number of benzene rings is 1. The van der Waals surface area contributed by atoms with Gasteiger partial charge >= 0.3 is 23.1 Å². The van der Waals surface area contributed by atoms with Gasteiger partial charge in [-0.05, 0) is 0 Å². The van der Waals surface area contributed by atoms with E-state index in [1.54, 1.807) is 0 Å². The van der Waals surface area contributed by atoms with Gasteiger partial charge in [0.15, 0.2) is 0 Å². The van der Waals surface area contributed by atoms with Gasteiger partial charge in [0.25, 0.3) is 0 Å². The van der Waals surface area contributed by atoms with Crippen molar-refractivity contribution in [1.29, 1.82) is 0 Å². The number of thiol groups is 1. The SMILES string of the molecule is Sc1c(Cl)c(Cl)c(Cl)c(Cl)c1Cl.[Mg+2]. The van der Waals surface area contributed by atoms with Crippen LogP contribution in [0.4, 0.5) is 0 Å². The number of hydrogen-bond acceptors (Lipinski definition) is 1. The molecule has 0 heterocycles. The summed E-state index contributed by atoms with van der Waals surface area (Å²) in [7, 11) is 0. The summed E-state index contributed by atoms with van der Waals surface area (Å²) in [5.74, 6) is 0. The summed E-state index contributed by atoms with van der Waals surface area (Å²) in [5, 5.41) is 0.889. The van der Waals surface area contributed by atoms with Gasteiger partial charge in [0.1, 0.15) is 0 Å². The summed E-state index contributed by atoms with van der Waals surface area (Å²) in [5.41, 5.74) is 0. The van der Waals surface area contributed by atoms with Crippen molar-refractivity contribution in [3.63, 3.8) is 0 Å². The Bertz CT molecular complexity index is 235. The zero-order chi connectivity index (χ0) is 9.46. The van der Waals surface area contributed by atoms with Crippen molar-refractivity contribution in [1.82, 2.24) is 0 Å². The zero-order valence-corrected chi connectivity index (χ0v) is 12.1. The molecule has 0 saturated carbocycles. The minimum Gasteiger partial charge on any atom is -0.140 e. The molecular formula is C6HCl5MgS+2. The molecule has 0 bridgehead atoms. The van der Waals surface area contributed by atoms with E-state index in [9.17, 15) is 0 Å². The normalized spacial score (nSPS) is 9.69. The Kier molecular flexibility index (Phi) is 6.55. The number of rotatable bonds is 0. The molecule has 13 heavy (non-hydrogen) atoms. The fourth-order valence-corrected chi connectivity index (χ4v) is 2.09. The average Bonchev–Trinajstić information content (AvgIpc) is 2.08. The predicted octanol–water partition coefficient (Wildman–Crippen LogP) is 4.86. The first-order valence-electron chi connectivity index (χ1n) is 2.67. The molecule has 0 fully saturated rings. The molecule has 0 N–H and O–H groups in total. The van der Waals surface area contributed by atoms with Crippen molar-refractivity contribution in [2.24, 2.45) is 0 Å². The van der Waals surface area contributed by atoms with Crippen LogP contribution in [0.15, 0.2) is 4.90 Å². The van der Waals surface area contributed by atoms with E-state index in [1.807, 2.05) is 0 Å². The second kappa shape index (κ2) is 5.76. The summed E-state index contributed by atoms with van der Waals surface area (Å²) in [6.45, 7) is 0. The molecule has 0 aliphatic heterocycles. The third-order valence-electron chi connectivity index (χ3n) is 1.19. The molecule has 0 nitrogen and oxygen atoms in total. The molecule has 7 heteroatoms. The average molecular weight is 307 g/mol. The van der Waals surface area contributed by atoms with Crippen LogP contribution >= 0.6 is 70.6 Å². The second-order valence-corrected chi connectivity index (χ2v) is 4.26. The van der Waals surface area contributed by atoms with E-state index in [0.29, 0.717) is 4.90 Å². The third-order valence-corrected chi connectivity index (χ3v) is 4.17. The molecule has 66 valence electrons. The van der Waals surface area contributed by atoms with Crippen molar-refractivity contribution in [2.45, 2.75) is 4.90 Å². The first kappa shape index (κ1) is 14.8. The van der Waals surface area contributed by atoms with E-state index < -0.39 is 0 Å². The summed E-state index contributed by atoms with van der Waals surface area (Å²) in [6, 6.07) is 0. The molecule has 0 radical (unpaired) electrons. The van der Waals surface area contributed by atoms with E-state index in [1.165, 1.54) is 0 Å². The molecule has 1 aromatic carbocycles. The quantitative estimate of drug-likeness (QED) is 0.301. The maximum atomic E-state index is 5.72. The molecule has 0 saturated heterocycles. The van der Waals surface area contributed by atoms with Crippen LogP contribution in [-0.4, -0.2) is 23.1 Å².